The zero-order chi connectivity index (χ0) is 24.1. The molecule has 0 aromatic heterocycles. The highest BCUT2D eigenvalue weighted by Crippen LogP contribution is 2.69. The molecule has 0 aromatic carbocycles. The summed E-state index contributed by atoms with van der Waals surface area (Å²) in [6, 6.07) is 0. The van der Waals surface area contributed by atoms with Gasteiger partial charge in [0, 0.05) is 11.1 Å². The average molecular weight is 460 g/mol. The quantitative estimate of drug-likeness (QED) is 0.339. The second-order valence-electron chi connectivity index (χ2n) is 6.61. The largest absolute Gasteiger partial charge is 0.458 e. The van der Waals surface area contributed by atoms with Crippen LogP contribution in [-0.2, 0) is 19.1 Å². The lowest BCUT2D eigenvalue weighted by Crippen LogP contribution is -2.86. The van der Waals surface area contributed by atoms with E-state index in [2.05, 4.69) is 22.6 Å². The minimum absolute atomic E-state index is 0.694. The fourth-order valence-corrected chi connectivity index (χ4v) is 2.34. The van der Waals surface area contributed by atoms with Crippen LogP contribution in [0.4, 0.5) is 43.9 Å². The Morgan fingerprint density at radius 3 is 1.10 bits per heavy atom. The Bertz CT molecular complexity index is 718. The lowest BCUT2D eigenvalue weighted by Gasteiger charge is -2.54. The van der Waals surface area contributed by atoms with Crippen molar-refractivity contribution in [3.63, 3.8) is 0 Å². The van der Waals surface area contributed by atoms with E-state index in [1.807, 2.05) is 0 Å². The molecule has 0 heterocycles. The Morgan fingerprint density at radius 1 is 0.600 bits per heavy atom. The van der Waals surface area contributed by atoms with Crippen molar-refractivity contribution in [1.29, 1.82) is 0 Å². The lowest BCUT2D eigenvalue weighted by molar-refractivity contribution is -0.466. The first-order valence-corrected chi connectivity index (χ1v) is 7.70. The summed E-state index contributed by atoms with van der Waals surface area (Å²) in [4.78, 5) is 22.4. The normalized spacial score (nSPS) is 30.8. The van der Waals surface area contributed by atoms with Crippen molar-refractivity contribution >= 4 is 11.9 Å². The van der Waals surface area contributed by atoms with Crippen LogP contribution in [0.2, 0.25) is 0 Å². The Morgan fingerprint density at radius 2 is 0.867 bits per heavy atom. The Labute approximate surface area is 162 Å². The number of hydrogen-bond acceptors (Lipinski definition) is 4. The highest BCUT2D eigenvalue weighted by molar-refractivity contribution is 5.87. The van der Waals surface area contributed by atoms with Crippen LogP contribution in [0.15, 0.2) is 24.3 Å². The van der Waals surface area contributed by atoms with Crippen LogP contribution in [0.25, 0.3) is 0 Å². The van der Waals surface area contributed by atoms with E-state index in [9.17, 15) is 53.5 Å². The van der Waals surface area contributed by atoms with Crippen molar-refractivity contribution in [3.8, 4) is 0 Å². The number of esters is 2. The third-order valence-electron chi connectivity index (χ3n) is 4.28. The van der Waals surface area contributed by atoms with Gasteiger partial charge in [-0.2, -0.15) is 35.1 Å². The molecule has 0 spiro atoms. The van der Waals surface area contributed by atoms with Crippen molar-refractivity contribution in [2.24, 2.45) is 0 Å². The van der Waals surface area contributed by atoms with Gasteiger partial charge in [0.2, 0.25) is 0 Å². The minimum Gasteiger partial charge on any atom is -0.458 e. The molecule has 0 amide bonds. The molecule has 2 atom stereocenters. The molecule has 1 aliphatic carbocycles. The molecule has 1 fully saturated rings. The fourth-order valence-electron chi connectivity index (χ4n) is 2.34. The number of hydrogen-bond donors (Lipinski definition) is 0. The standard InChI is InChI=1S/C16H14F10O4/c1-7(2)9(27)29-5-11(17)13(19,20)12(18,6-30-10(28)8(3)4)15(23,24)16(25,26)14(11,21)22/h1,3,5-6H2,2,4H3. The van der Waals surface area contributed by atoms with E-state index in [0.717, 1.165) is 13.8 Å². The van der Waals surface area contributed by atoms with E-state index in [1.54, 1.807) is 0 Å². The Kier molecular flexibility index (Phi) is 6.14. The van der Waals surface area contributed by atoms with E-state index in [4.69, 9.17) is 0 Å². The van der Waals surface area contributed by atoms with E-state index < -0.39 is 71.3 Å². The van der Waals surface area contributed by atoms with Crippen molar-refractivity contribution < 1.29 is 63.0 Å². The molecule has 2 unspecified atom stereocenters. The van der Waals surface area contributed by atoms with Gasteiger partial charge in [0.15, 0.2) is 0 Å². The molecule has 172 valence electrons. The van der Waals surface area contributed by atoms with Gasteiger partial charge in [0.1, 0.15) is 13.2 Å². The van der Waals surface area contributed by atoms with Crippen molar-refractivity contribution in [2.75, 3.05) is 13.2 Å². The molecule has 0 radical (unpaired) electrons. The monoisotopic (exact) mass is 460 g/mol. The molecule has 1 saturated carbocycles. The first-order chi connectivity index (χ1) is 13.2. The summed E-state index contributed by atoms with van der Waals surface area (Å²) in [5, 5.41) is 0. The van der Waals surface area contributed by atoms with Crippen LogP contribution in [0.3, 0.4) is 0 Å². The molecular weight excluding hydrogens is 446 g/mol. The number of carbonyl (C=O) groups excluding carboxylic acids is 2. The first kappa shape index (κ1) is 25.8. The smallest absolute Gasteiger partial charge is 0.379 e. The molecule has 0 saturated heterocycles. The maximum absolute atomic E-state index is 14.8. The first-order valence-electron chi connectivity index (χ1n) is 7.70. The lowest BCUT2D eigenvalue weighted by atomic mass is 9.67. The third-order valence-corrected chi connectivity index (χ3v) is 4.28. The zero-order valence-electron chi connectivity index (χ0n) is 15.2. The summed E-state index contributed by atoms with van der Waals surface area (Å²) < 4.78 is 149. The van der Waals surface area contributed by atoms with Gasteiger partial charge in [-0.05, 0) is 13.8 Å². The fraction of sp³-hybridized carbons (Fsp3) is 0.625. The second-order valence-corrected chi connectivity index (χ2v) is 6.61. The molecule has 4 nitrogen and oxygen atoms in total. The zero-order valence-corrected chi connectivity index (χ0v) is 15.2. The molecule has 14 heteroatoms. The van der Waals surface area contributed by atoms with Gasteiger partial charge >= 0.3 is 35.6 Å². The van der Waals surface area contributed by atoms with E-state index >= 15 is 0 Å². The maximum Gasteiger partial charge on any atom is 0.379 e. The van der Waals surface area contributed by atoms with Gasteiger partial charge in [-0.3, -0.25) is 0 Å². The van der Waals surface area contributed by atoms with Gasteiger partial charge in [-0.25, -0.2) is 18.4 Å². The summed E-state index contributed by atoms with van der Waals surface area (Å²) in [6.45, 7) is 1.50. The van der Waals surface area contributed by atoms with E-state index in [0.29, 0.717) is 0 Å². The van der Waals surface area contributed by atoms with Crippen LogP contribution in [-0.4, -0.2) is 60.2 Å². The second kappa shape index (κ2) is 7.15. The predicted octanol–water partition coefficient (Wildman–Crippen LogP) is 4.20. The van der Waals surface area contributed by atoms with Gasteiger partial charge in [0.05, 0.1) is 0 Å². The summed E-state index contributed by atoms with van der Waals surface area (Å²) in [7, 11) is 0. The molecule has 0 N–H and O–H groups in total. The van der Waals surface area contributed by atoms with Gasteiger partial charge in [-0.15, -0.1) is 0 Å². The number of carbonyl (C=O) groups is 2. The van der Waals surface area contributed by atoms with Gasteiger partial charge in [0.25, 0.3) is 11.3 Å². The van der Waals surface area contributed by atoms with Crippen LogP contribution >= 0.6 is 0 Å². The molecule has 1 aliphatic rings. The van der Waals surface area contributed by atoms with Crippen molar-refractivity contribution in [3.05, 3.63) is 24.3 Å². The SMILES string of the molecule is C=C(C)C(=O)OCC1(F)C(F)(F)C(F)(F)C(F)(F)C(F)(COC(=O)C(=C)C)C1(F)F. The molecule has 30 heavy (non-hydrogen) atoms. The molecule has 0 aliphatic heterocycles. The van der Waals surface area contributed by atoms with E-state index in [1.165, 1.54) is 0 Å². The Balaban J connectivity index is 3.66. The van der Waals surface area contributed by atoms with Crippen LogP contribution in [0.1, 0.15) is 13.8 Å². The number of rotatable bonds is 6. The van der Waals surface area contributed by atoms with Crippen LogP contribution < -0.4 is 0 Å². The summed E-state index contributed by atoms with van der Waals surface area (Å²) in [5.41, 5.74) is -13.7. The average Bonchev–Trinajstić information content (AvgIpc) is 2.61. The molecule has 0 aromatic rings. The number of ether oxygens (including phenoxy) is 2. The maximum atomic E-state index is 14.8. The van der Waals surface area contributed by atoms with Gasteiger partial charge in [-0.1, -0.05) is 13.2 Å². The predicted molar refractivity (Wildman–Crippen MR) is 79.0 cm³/mol. The Hall–Kier alpha value is -2.28. The van der Waals surface area contributed by atoms with Crippen molar-refractivity contribution in [2.45, 2.75) is 48.9 Å². The summed E-state index contributed by atoms with van der Waals surface area (Å²) >= 11 is 0. The summed E-state index contributed by atoms with van der Waals surface area (Å²) in [5.74, 6) is -31.3. The minimum atomic E-state index is -7.07. The van der Waals surface area contributed by atoms with Gasteiger partial charge < -0.3 is 9.47 Å². The molecule has 0 bridgehead atoms. The highest BCUT2D eigenvalue weighted by atomic mass is 19.4. The topological polar surface area (TPSA) is 52.6 Å². The molecular formula is C16H14F10O4. The summed E-state index contributed by atoms with van der Waals surface area (Å²) in [6.07, 6.45) is 0. The number of halogens is 10. The van der Waals surface area contributed by atoms with Crippen LogP contribution in [0.5, 0.6) is 0 Å². The highest BCUT2D eigenvalue weighted by Gasteiger charge is 3.00. The third kappa shape index (κ3) is 3.06. The number of alkyl halides is 10. The molecule has 1 rings (SSSR count). The van der Waals surface area contributed by atoms with Crippen molar-refractivity contribution in [1.82, 2.24) is 0 Å². The van der Waals surface area contributed by atoms with Crippen LogP contribution in [0, 0.1) is 0 Å². The van der Waals surface area contributed by atoms with E-state index in [-0.39, 0.29) is 0 Å².